The largest absolute Gasteiger partial charge is 0.396 e. The molecule has 0 spiro atoms. The third kappa shape index (κ3) is 4.88. The monoisotopic (exact) mass is 187 g/mol. The topological polar surface area (TPSA) is 49.3 Å². The van der Waals surface area contributed by atoms with E-state index in [2.05, 4.69) is 26.1 Å². The molecule has 1 unspecified atom stereocenters. The second-order valence-electron chi connectivity index (χ2n) is 4.35. The highest BCUT2D eigenvalue weighted by molar-refractivity contribution is 5.75. The molecule has 13 heavy (non-hydrogen) atoms. The number of aliphatic hydroxyl groups excluding tert-OH is 1. The Morgan fingerprint density at radius 2 is 2.00 bits per heavy atom. The zero-order valence-corrected chi connectivity index (χ0v) is 9.05. The third-order valence-corrected chi connectivity index (χ3v) is 2.12. The maximum atomic E-state index is 11.2. The van der Waals surface area contributed by atoms with E-state index in [1.807, 2.05) is 6.92 Å². The maximum Gasteiger partial charge on any atom is 0.219 e. The van der Waals surface area contributed by atoms with Crippen molar-refractivity contribution in [3.05, 3.63) is 0 Å². The molecule has 0 radical (unpaired) electrons. The summed E-state index contributed by atoms with van der Waals surface area (Å²) in [7, 11) is 0. The van der Waals surface area contributed by atoms with Crippen LogP contribution in [-0.4, -0.2) is 23.7 Å². The lowest BCUT2D eigenvalue weighted by Gasteiger charge is -2.31. The van der Waals surface area contributed by atoms with Crippen LogP contribution < -0.4 is 5.32 Å². The Morgan fingerprint density at radius 3 is 2.31 bits per heavy atom. The number of nitrogens with one attached hydrogen (secondary N) is 1. The molecule has 0 aromatic carbocycles. The van der Waals surface area contributed by atoms with Crippen molar-refractivity contribution in [1.82, 2.24) is 5.32 Å². The molecule has 0 rings (SSSR count). The first-order chi connectivity index (χ1) is 5.91. The Hall–Kier alpha value is -0.570. The summed E-state index contributed by atoms with van der Waals surface area (Å²) in [5.74, 6) is 0.0494. The van der Waals surface area contributed by atoms with E-state index in [1.54, 1.807) is 0 Å². The van der Waals surface area contributed by atoms with E-state index in [4.69, 9.17) is 5.11 Å². The number of carbonyl (C=O) groups is 1. The van der Waals surface area contributed by atoms with E-state index in [1.165, 1.54) is 0 Å². The molecule has 0 aromatic rings. The SMILES string of the molecule is CCC(=O)NC(CCO)C(C)(C)C. The first kappa shape index (κ1) is 12.4. The van der Waals surface area contributed by atoms with Gasteiger partial charge >= 0.3 is 0 Å². The second kappa shape index (κ2) is 5.22. The van der Waals surface area contributed by atoms with E-state index in [-0.39, 0.29) is 24.0 Å². The summed E-state index contributed by atoms with van der Waals surface area (Å²) in [6, 6.07) is 0.0601. The third-order valence-electron chi connectivity index (χ3n) is 2.12. The lowest BCUT2D eigenvalue weighted by atomic mass is 9.85. The number of aliphatic hydroxyl groups is 1. The molecule has 0 fully saturated rings. The van der Waals surface area contributed by atoms with Crippen molar-refractivity contribution in [3.63, 3.8) is 0 Å². The van der Waals surface area contributed by atoms with Crippen molar-refractivity contribution >= 4 is 5.91 Å². The summed E-state index contributed by atoms with van der Waals surface area (Å²) in [6.45, 7) is 8.12. The van der Waals surface area contributed by atoms with E-state index in [9.17, 15) is 4.79 Å². The van der Waals surface area contributed by atoms with Gasteiger partial charge in [0.05, 0.1) is 0 Å². The minimum atomic E-state index is 0.00750. The standard InChI is InChI=1S/C10H21NO2/c1-5-9(13)11-8(6-7-12)10(2,3)4/h8,12H,5-7H2,1-4H3,(H,11,13). The molecule has 1 amide bonds. The van der Waals surface area contributed by atoms with Gasteiger partial charge < -0.3 is 10.4 Å². The van der Waals surface area contributed by atoms with Crippen LogP contribution in [0.2, 0.25) is 0 Å². The molecule has 0 heterocycles. The fraction of sp³-hybridized carbons (Fsp3) is 0.900. The summed E-state index contributed by atoms with van der Waals surface area (Å²) in [6.07, 6.45) is 1.12. The van der Waals surface area contributed by atoms with E-state index in [0.717, 1.165) is 0 Å². The molecule has 0 bridgehead atoms. The molecule has 2 N–H and O–H groups in total. The molecule has 78 valence electrons. The van der Waals surface area contributed by atoms with Crippen molar-refractivity contribution in [2.45, 2.75) is 46.6 Å². The zero-order chi connectivity index (χ0) is 10.5. The van der Waals surface area contributed by atoms with E-state index < -0.39 is 0 Å². The second-order valence-corrected chi connectivity index (χ2v) is 4.35. The number of amides is 1. The van der Waals surface area contributed by atoms with Gasteiger partial charge in [0.2, 0.25) is 5.91 Å². The quantitative estimate of drug-likeness (QED) is 0.697. The lowest BCUT2D eigenvalue weighted by molar-refractivity contribution is -0.122. The van der Waals surface area contributed by atoms with Gasteiger partial charge in [-0.25, -0.2) is 0 Å². The summed E-state index contributed by atoms with van der Waals surface area (Å²) >= 11 is 0. The predicted octanol–water partition coefficient (Wildman–Crippen LogP) is 1.31. The summed E-state index contributed by atoms with van der Waals surface area (Å²) in [5, 5.41) is 11.7. The van der Waals surface area contributed by atoms with Gasteiger partial charge in [-0.3, -0.25) is 4.79 Å². The molecule has 0 aliphatic rings. The fourth-order valence-corrected chi connectivity index (χ4v) is 1.15. The van der Waals surface area contributed by atoms with Crippen LogP contribution in [0.5, 0.6) is 0 Å². The number of carbonyl (C=O) groups excluding carboxylic acids is 1. The van der Waals surface area contributed by atoms with Crippen molar-refractivity contribution in [3.8, 4) is 0 Å². The van der Waals surface area contributed by atoms with Crippen molar-refractivity contribution in [1.29, 1.82) is 0 Å². The van der Waals surface area contributed by atoms with Crippen molar-refractivity contribution in [2.24, 2.45) is 5.41 Å². The summed E-state index contributed by atoms with van der Waals surface area (Å²) in [5.41, 5.74) is 0.00750. The van der Waals surface area contributed by atoms with Gasteiger partial charge in [-0.2, -0.15) is 0 Å². The number of hydrogen-bond acceptors (Lipinski definition) is 2. The molecule has 0 saturated heterocycles. The van der Waals surface area contributed by atoms with Gasteiger partial charge in [0.25, 0.3) is 0 Å². The minimum absolute atomic E-state index is 0.00750. The Balaban J connectivity index is 4.18. The van der Waals surface area contributed by atoms with Gasteiger partial charge in [0.15, 0.2) is 0 Å². The zero-order valence-electron chi connectivity index (χ0n) is 9.05. The van der Waals surface area contributed by atoms with Gasteiger partial charge in [0, 0.05) is 19.1 Å². The average Bonchev–Trinajstić information content (AvgIpc) is 2.01. The van der Waals surface area contributed by atoms with Crippen molar-refractivity contribution < 1.29 is 9.90 Å². The first-order valence-corrected chi connectivity index (χ1v) is 4.82. The normalized spacial score (nSPS) is 13.9. The van der Waals surface area contributed by atoms with Gasteiger partial charge in [-0.15, -0.1) is 0 Å². The van der Waals surface area contributed by atoms with Crippen LogP contribution in [0.4, 0.5) is 0 Å². The summed E-state index contributed by atoms with van der Waals surface area (Å²) < 4.78 is 0. The van der Waals surface area contributed by atoms with Gasteiger partial charge in [-0.05, 0) is 11.8 Å². The Labute approximate surface area is 80.5 Å². The number of rotatable bonds is 4. The van der Waals surface area contributed by atoms with E-state index in [0.29, 0.717) is 12.8 Å². The molecule has 0 aliphatic heterocycles. The van der Waals surface area contributed by atoms with Crippen LogP contribution in [-0.2, 0) is 4.79 Å². The Kier molecular flexibility index (Phi) is 4.99. The Morgan fingerprint density at radius 1 is 1.46 bits per heavy atom. The van der Waals surface area contributed by atoms with Gasteiger partial charge in [0.1, 0.15) is 0 Å². The molecular formula is C10H21NO2. The van der Waals surface area contributed by atoms with Crippen LogP contribution >= 0.6 is 0 Å². The molecule has 0 saturated carbocycles. The first-order valence-electron chi connectivity index (χ1n) is 4.82. The minimum Gasteiger partial charge on any atom is -0.396 e. The van der Waals surface area contributed by atoms with Crippen LogP contribution in [0.25, 0.3) is 0 Å². The maximum absolute atomic E-state index is 11.2. The Bertz CT molecular complexity index is 161. The average molecular weight is 187 g/mol. The highest BCUT2D eigenvalue weighted by Crippen LogP contribution is 2.21. The molecule has 3 nitrogen and oxygen atoms in total. The number of hydrogen-bond donors (Lipinski definition) is 2. The smallest absolute Gasteiger partial charge is 0.219 e. The molecule has 0 aliphatic carbocycles. The predicted molar refractivity (Wildman–Crippen MR) is 53.4 cm³/mol. The highest BCUT2D eigenvalue weighted by atomic mass is 16.3. The van der Waals surface area contributed by atoms with Crippen LogP contribution in [0.3, 0.4) is 0 Å². The van der Waals surface area contributed by atoms with Crippen LogP contribution in [0, 0.1) is 5.41 Å². The van der Waals surface area contributed by atoms with Crippen LogP contribution in [0.1, 0.15) is 40.5 Å². The fourth-order valence-electron chi connectivity index (χ4n) is 1.15. The summed E-state index contributed by atoms with van der Waals surface area (Å²) in [4.78, 5) is 11.2. The molecule has 0 aromatic heterocycles. The highest BCUT2D eigenvalue weighted by Gasteiger charge is 2.24. The lowest BCUT2D eigenvalue weighted by Crippen LogP contribution is -2.44. The van der Waals surface area contributed by atoms with E-state index >= 15 is 0 Å². The molecule has 1 atom stereocenters. The van der Waals surface area contributed by atoms with Gasteiger partial charge in [-0.1, -0.05) is 27.7 Å². The molecule has 3 heteroatoms. The van der Waals surface area contributed by atoms with Crippen LogP contribution in [0.15, 0.2) is 0 Å². The van der Waals surface area contributed by atoms with Crippen molar-refractivity contribution in [2.75, 3.05) is 6.61 Å². The molecular weight excluding hydrogens is 166 g/mol.